The van der Waals surface area contributed by atoms with E-state index in [9.17, 15) is 4.79 Å². The van der Waals surface area contributed by atoms with Crippen molar-refractivity contribution in [3.63, 3.8) is 0 Å². The molecule has 1 aromatic carbocycles. The lowest BCUT2D eigenvalue weighted by atomic mass is 10.1. The van der Waals surface area contributed by atoms with Crippen molar-refractivity contribution < 1.29 is 9.90 Å². The number of allylic oxidation sites excluding steroid dienone is 2. The Labute approximate surface area is 102 Å². The molecule has 1 N–H and O–H groups in total. The van der Waals surface area contributed by atoms with Gasteiger partial charge in [-0.15, -0.1) is 0 Å². The molecule has 1 aromatic rings. The third-order valence-corrected chi connectivity index (χ3v) is 2.30. The number of carbonyl (C=O) groups is 1. The van der Waals surface area contributed by atoms with E-state index in [1.165, 1.54) is 6.08 Å². The first-order chi connectivity index (χ1) is 7.99. The van der Waals surface area contributed by atoms with E-state index in [2.05, 4.69) is 0 Å². The zero-order chi connectivity index (χ0) is 12.8. The highest BCUT2D eigenvalue weighted by atomic mass is 16.4. The minimum Gasteiger partial charge on any atom is -0.478 e. The number of carboxylic acids is 1. The second kappa shape index (κ2) is 5.89. The maximum atomic E-state index is 10.4. The third-order valence-electron chi connectivity index (χ3n) is 2.30. The molecule has 0 amide bonds. The van der Waals surface area contributed by atoms with Crippen LogP contribution in [0.15, 0.2) is 42.0 Å². The number of benzene rings is 1. The van der Waals surface area contributed by atoms with E-state index in [1.54, 1.807) is 13.0 Å². The number of aliphatic carboxylic acids is 1. The van der Waals surface area contributed by atoms with E-state index >= 15 is 0 Å². The zero-order valence-electron chi connectivity index (χ0n) is 10.3. The van der Waals surface area contributed by atoms with Gasteiger partial charge in [-0.05, 0) is 30.2 Å². The fraction of sp³-hybridized carbons (Fsp3) is 0.214. The molecule has 90 valence electrons. The SMILES string of the molecule is CC(/C=C\c1ccc(N(C)C)cc1)=C/C(=O)O. The van der Waals surface area contributed by atoms with Crippen molar-refractivity contribution in [2.45, 2.75) is 6.92 Å². The smallest absolute Gasteiger partial charge is 0.328 e. The molecule has 3 heteroatoms. The van der Waals surface area contributed by atoms with Crippen LogP contribution in [0.4, 0.5) is 5.69 Å². The van der Waals surface area contributed by atoms with Gasteiger partial charge in [-0.3, -0.25) is 0 Å². The number of rotatable bonds is 4. The lowest BCUT2D eigenvalue weighted by Crippen LogP contribution is -2.07. The topological polar surface area (TPSA) is 40.5 Å². The summed E-state index contributed by atoms with van der Waals surface area (Å²) in [4.78, 5) is 12.5. The van der Waals surface area contributed by atoms with Crippen molar-refractivity contribution in [1.29, 1.82) is 0 Å². The van der Waals surface area contributed by atoms with Crippen LogP contribution in [0.3, 0.4) is 0 Å². The van der Waals surface area contributed by atoms with Crippen molar-refractivity contribution in [3.05, 3.63) is 47.6 Å². The molecule has 3 nitrogen and oxygen atoms in total. The fourth-order valence-corrected chi connectivity index (χ4v) is 1.35. The van der Waals surface area contributed by atoms with Gasteiger partial charge in [0.25, 0.3) is 0 Å². The van der Waals surface area contributed by atoms with Gasteiger partial charge >= 0.3 is 5.97 Å². The number of hydrogen-bond acceptors (Lipinski definition) is 2. The Hall–Kier alpha value is -2.03. The molecule has 0 saturated heterocycles. The molecule has 0 aliphatic rings. The molecule has 1 rings (SSSR count). The second-order valence-electron chi connectivity index (χ2n) is 4.05. The standard InChI is InChI=1S/C14H17NO2/c1-11(10-14(16)17)4-5-12-6-8-13(9-7-12)15(2)3/h4-10H,1-3H3,(H,16,17)/b5-4-,11-10-. The molecule has 0 fully saturated rings. The zero-order valence-corrected chi connectivity index (χ0v) is 10.3. The van der Waals surface area contributed by atoms with Gasteiger partial charge in [-0.1, -0.05) is 24.3 Å². The Morgan fingerprint density at radius 2 is 1.82 bits per heavy atom. The lowest BCUT2D eigenvalue weighted by Gasteiger charge is -2.11. The third kappa shape index (κ3) is 4.55. The predicted molar refractivity (Wildman–Crippen MR) is 71.2 cm³/mol. The molecule has 0 atom stereocenters. The summed E-state index contributed by atoms with van der Waals surface area (Å²) in [7, 11) is 3.98. The molecule has 0 radical (unpaired) electrons. The van der Waals surface area contributed by atoms with Crippen LogP contribution in [0.25, 0.3) is 6.08 Å². The normalized spacial score (nSPS) is 11.8. The molecule has 0 bridgehead atoms. The minimum absolute atomic E-state index is 0.717. The van der Waals surface area contributed by atoms with Crippen LogP contribution in [0.2, 0.25) is 0 Å². The molecule has 0 unspecified atom stereocenters. The molecule has 17 heavy (non-hydrogen) atoms. The van der Waals surface area contributed by atoms with Gasteiger partial charge in [-0.25, -0.2) is 4.79 Å². The number of hydrogen-bond donors (Lipinski definition) is 1. The molecular weight excluding hydrogens is 214 g/mol. The van der Waals surface area contributed by atoms with Gasteiger partial charge in [0, 0.05) is 25.9 Å². The molecule has 0 aliphatic carbocycles. The Morgan fingerprint density at radius 1 is 1.24 bits per heavy atom. The van der Waals surface area contributed by atoms with Crippen LogP contribution in [0, 0.1) is 0 Å². The van der Waals surface area contributed by atoms with Crippen LogP contribution in [-0.2, 0) is 4.79 Å². The average molecular weight is 231 g/mol. The van der Waals surface area contributed by atoms with E-state index in [1.807, 2.05) is 49.3 Å². The summed E-state index contributed by atoms with van der Waals surface area (Å²) in [6.07, 6.45) is 4.87. The second-order valence-corrected chi connectivity index (χ2v) is 4.05. The quantitative estimate of drug-likeness (QED) is 0.640. The van der Waals surface area contributed by atoms with Gasteiger partial charge < -0.3 is 10.0 Å². The van der Waals surface area contributed by atoms with Crippen LogP contribution >= 0.6 is 0 Å². The van der Waals surface area contributed by atoms with Crippen molar-refractivity contribution in [3.8, 4) is 0 Å². The minimum atomic E-state index is -0.921. The highest BCUT2D eigenvalue weighted by Crippen LogP contribution is 2.13. The Morgan fingerprint density at radius 3 is 2.29 bits per heavy atom. The van der Waals surface area contributed by atoms with Crippen LogP contribution in [0.5, 0.6) is 0 Å². The summed E-state index contributed by atoms with van der Waals surface area (Å²) >= 11 is 0. The van der Waals surface area contributed by atoms with E-state index in [0.29, 0.717) is 5.57 Å². The number of anilines is 1. The largest absolute Gasteiger partial charge is 0.478 e. The lowest BCUT2D eigenvalue weighted by molar-refractivity contribution is -0.131. The Balaban J connectivity index is 2.76. The van der Waals surface area contributed by atoms with Crippen LogP contribution in [-0.4, -0.2) is 25.2 Å². The summed E-state index contributed by atoms with van der Waals surface area (Å²) in [5.74, 6) is -0.921. The predicted octanol–water partition coefficient (Wildman–Crippen LogP) is 2.80. The molecule has 0 aliphatic heterocycles. The number of carboxylic acid groups (broad SMARTS) is 1. The fourth-order valence-electron chi connectivity index (χ4n) is 1.35. The van der Waals surface area contributed by atoms with Gasteiger partial charge in [0.2, 0.25) is 0 Å². The molecule has 0 heterocycles. The van der Waals surface area contributed by atoms with E-state index in [4.69, 9.17) is 5.11 Å². The first-order valence-electron chi connectivity index (χ1n) is 5.36. The molecule has 0 aromatic heterocycles. The Kier molecular flexibility index (Phi) is 4.52. The Bertz CT molecular complexity index is 442. The first-order valence-corrected chi connectivity index (χ1v) is 5.36. The summed E-state index contributed by atoms with van der Waals surface area (Å²) < 4.78 is 0. The first kappa shape index (κ1) is 13.0. The van der Waals surface area contributed by atoms with Crippen molar-refractivity contribution in [1.82, 2.24) is 0 Å². The summed E-state index contributed by atoms with van der Waals surface area (Å²) in [5.41, 5.74) is 2.91. The summed E-state index contributed by atoms with van der Waals surface area (Å²) in [6.45, 7) is 1.76. The average Bonchev–Trinajstić information content (AvgIpc) is 2.26. The van der Waals surface area contributed by atoms with E-state index < -0.39 is 5.97 Å². The highest BCUT2D eigenvalue weighted by Gasteiger charge is 1.94. The summed E-state index contributed by atoms with van der Waals surface area (Å²) in [6, 6.07) is 8.05. The monoisotopic (exact) mass is 231 g/mol. The van der Waals surface area contributed by atoms with E-state index in [0.717, 1.165) is 11.3 Å². The van der Waals surface area contributed by atoms with Crippen molar-refractivity contribution in [2.24, 2.45) is 0 Å². The van der Waals surface area contributed by atoms with Crippen LogP contribution < -0.4 is 4.90 Å². The van der Waals surface area contributed by atoms with Gasteiger partial charge in [0.15, 0.2) is 0 Å². The maximum Gasteiger partial charge on any atom is 0.328 e. The van der Waals surface area contributed by atoms with Crippen molar-refractivity contribution in [2.75, 3.05) is 19.0 Å². The number of nitrogens with zero attached hydrogens (tertiary/aromatic N) is 1. The highest BCUT2D eigenvalue weighted by molar-refractivity contribution is 5.81. The molecular formula is C14H17NO2. The van der Waals surface area contributed by atoms with Gasteiger partial charge in [-0.2, -0.15) is 0 Å². The van der Waals surface area contributed by atoms with Crippen LogP contribution in [0.1, 0.15) is 12.5 Å². The van der Waals surface area contributed by atoms with Gasteiger partial charge in [0.1, 0.15) is 0 Å². The van der Waals surface area contributed by atoms with Crippen molar-refractivity contribution >= 4 is 17.7 Å². The maximum absolute atomic E-state index is 10.4. The summed E-state index contributed by atoms with van der Waals surface area (Å²) in [5, 5.41) is 8.56. The molecule has 0 saturated carbocycles. The van der Waals surface area contributed by atoms with E-state index in [-0.39, 0.29) is 0 Å². The molecule has 0 spiro atoms. The van der Waals surface area contributed by atoms with Gasteiger partial charge in [0.05, 0.1) is 0 Å².